The predicted octanol–water partition coefficient (Wildman–Crippen LogP) is 2.26. The van der Waals surface area contributed by atoms with Crippen molar-refractivity contribution in [1.29, 1.82) is 0 Å². The van der Waals surface area contributed by atoms with Gasteiger partial charge in [-0.25, -0.2) is 4.79 Å². The predicted molar refractivity (Wildman–Crippen MR) is 78.0 cm³/mol. The van der Waals surface area contributed by atoms with Crippen molar-refractivity contribution in [2.75, 3.05) is 7.11 Å². The molecule has 1 rings (SSSR count). The molecule has 1 aromatic rings. The van der Waals surface area contributed by atoms with E-state index < -0.39 is 18.4 Å². The van der Waals surface area contributed by atoms with Crippen LogP contribution in [-0.4, -0.2) is 30.6 Å². The monoisotopic (exact) mass is 296 g/mol. The van der Waals surface area contributed by atoms with Crippen molar-refractivity contribution >= 4 is 35.0 Å². The van der Waals surface area contributed by atoms with Crippen LogP contribution in [-0.2, 0) is 9.53 Å². The van der Waals surface area contributed by atoms with Gasteiger partial charge in [0.25, 0.3) is 0 Å². The fourth-order valence-electron chi connectivity index (χ4n) is 1.94. The van der Waals surface area contributed by atoms with Gasteiger partial charge >= 0.3 is 18.7 Å². The van der Waals surface area contributed by atoms with Gasteiger partial charge in [-0.3, -0.25) is 0 Å². The van der Waals surface area contributed by atoms with Gasteiger partial charge in [0, 0.05) is 0 Å². The first-order chi connectivity index (χ1) is 8.79. The molecule has 1 unspecified atom stereocenters. The van der Waals surface area contributed by atoms with E-state index in [1.54, 1.807) is 0 Å². The summed E-state index contributed by atoms with van der Waals surface area (Å²) in [6.45, 7) is 5.77. The van der Waals surface area contributed by atoms with E-state index in [2.05, 4.69) is 9.53 Å². The molecule has 0 aromatic heterocycles. The number of halogens is 1. The Labute approximate surface area is 118 Å². The maximum atomic E-state index is 11.8. The first kappa shape index (κ1) is 15.6. The molecule has 0 saturated carbocycles. The molecule has 0 spiro atoms. The minimum atomic E-state index is -3.04. The summed E-state index contributed by atoms with van der Waals surface area (Å²) in [6, 6.07) is 9.25. The third kappa shape index (κ3) is 2.78. The highest BCUT2D eigenvalue weighted by atomic mass is 35.6. The van der Waals surface area contributed by atoms with Crippen LogP contribution in [0.25, 0.3) is 5.53 Å². The molecule has 1 aromatic carbocycles. The standard InChI is InChI=1S/C13H17ClN2O2Si/c1-13(2,3)19(14,10-8-6-5-7-9-10)11(16-15)12(17)18-4/h5-9H,1-4H3. The number of carbonyl (C=O) groups is 1. The molecule has 0 N–H and O–H groups in total. The van der Waals surface area contributed by atoms with Crippen molar-refractivity contribution in [3.8, 4) is 0 Å². The Morgan fingerprint density at radius 1 is 1.32 bits per heavy atom. The van der Waals surface area contributed by atoms with Gasteiger partial charge < -0.3 is 10.3 Å². The molecule has 102 valence electrons. The molecule has 0 aliphatic carbocycles. The summed E-state index contributed by atoms with van der Waals surface area (Å²) in [6.07, 6.45) is 0. The van der Waals surface area contributed by atoms with E-state index >= 15 is 0 Å². The SMILES string of the molecule is COC(=O)C(=[N+]=[N-])[Si](Cl)(c1ccccc1)C(C)(C)C. The van der Waals surface area contributed by atoms with Crippen LogP contribution in [0.2, 0.25) is 5.04 Å². The molecule has 0 aliphatic heterocycles. The first-order valence-corrected chi connectivity index (χ1v) is 8.85. The van der Waals surface area contributed by atoms with Crippen molar-refractivity contribution < 1.29 is 14.3 Å². The summed E-state index contributed by atoms with van der Waals surface area (Å²) in [4.78, 5) is 15.0. The quantitative estimate of drug-likeness (QED) is 0.214. The van der Waals surface area contributed by atoms with Gasteiger partial charge in [0.05, 0.1) is 7.11 Å². The number of esters is 1. The molecular weight excluding hydrogens is 280 g/mol. The number of methoxy groups -OCH3 is 1. The maximum absolute atomic E-state index is 11.8. The lowest BCUT2D eigenvalue weighted by Crippen LogP contribution is -2.60. The maximum Gasteiger partial charge on any atom is 0.411 e. The fraction of sp³-hybridized carbons (Fsp3) is 0.385. The molecule has 0 bridgehead atoms. The van der Waals surface area contributed by atoms with Gasteiger partial charge in [-0.05, 0) is 10.2 Å². The van der Waals surface area contributed by atoms with E-state index in [-0.39, 0.29) is 5.33 Å². The molecule has 6 heteroatoms. The van der Waals surface area contributed by atoms with Crippen molar-refractivity contribution in [1.82, 2.24) is 0 Å². The first-order valence-electron chi connectivity index (χ1n) is 5.84. The van der Waals surface area contributed by atoms with E-state index in [4.69, 9.17) is 11.1 Å². The smallest absolute Gasteiger partial charge is 0.411 e. The molecule has 0 radical (unpaired) electrons. The topological polar surface area (TPSA) is 62.7 Å². The van der Waals surface area contributed by atoms with Crippen molar-refractivity contribution in [3.05, 3.63) is 35.9 Å². The summed E-state index contributed by atoms with van der Waals surface area (Å²) >= 11 is 6.83. The number of carbonyl (C=O) groups excluding carboxylic acids is 1. The summed E-state index contributed by atoms with van der Waals surface area (Å²) < 4.78 is 4.69. The van der Waals surface area contributed by atoms with Gasteiger partial charge in [0.15, 0.2) is 0 Å². The Hall–Kier alpha value is -1.42. The number of hydrogen-bond donors (Lipinski definition) is 0. The van der Waals surface area contributed by atoms with Crippen LogP contribution in [0.5, 0.6) is 0 Å². The molecule has 0 amide bonds. The zero-order chi connectivity index (χ0) is 14.7. The third-order valence-corrected chi connectivity index (χ3v) is 10.1. The summed E-state index contributed by atoms with van der Waals surface area (Å²) in [7, 11) is -1.80. The Balaban J connectivity index is 3.55. The Bertz CT molecular complexity index is 521. The molecule has 4 nitrogen and oxygen atoms in total. The third-order valence-electron chi connectivity index (χ3n) is 3.01. The van der Waals surface area contributed by atoms with Crippen LogP contribution in [0.4, 0.5) is 0 Å². The Morgan fingerprint density at radius 3 is 2.21 bits per heavy atom. The van der Waals surface area contributed by atoms with Gasteiger partial charge in [0.1, 0.15) is 0 Å². The highest BCUT2D eigenvalue weighted by Crippen LogP contribution is 2.39. The van der Waals surface area contributed by atoms with Crippen LogP contribution in [0.3, 0.4) is 0 Å². The number of hydrogen-bond acceptors (Lipinski definition) is 2. The summed E-state index contributed by atoms with van der Waals surface area (Å²) in [5.41, 5.74) is 9.23. The van der Waals surface area contributed by atoms with E-state index in [0.29, 0.717) is 0 Å². The molecular formula is C13H17ClN2O2Si. The minimum Gasteiger partial charge on any atom is -0.461 e. The highest BCUT2D eigenvalue weighted by molar-refractivity contribution is 7.46. The summed E-state index contributed by atoms with van der Waals surface area (Å²) in [5, 5.41) is 0.295. The van der Waals surface area contributed by atoms with Crippen molar-refractivity contribution in [2.45, 2.75) is 25.8 Å². The van der Waals surface area contributed by atoms with E-state index in [1.807, 2.05) is 51.1 Å². The summed E-state index contributed by atoms with van der Waals surface area (Å²) in [5.74, 6) is -0.692. The van der Waals surface area contributed by atoms with Crippen LogP contribution in [0.15, 0.2) is 30.3 Å². The van der Waals surface area contributed by atoms with Crippen LogP contribution < -0.4 is 5.19 Å². The molecule has 0 fully saturated rings. The zero-order valence-electron chi connectivity index (χ0n) is 11.5. The molecule has 1 atom stereocenters. The Kier molecular flexibility index (Phi) is 4.69. The van der Waals surface area contributed by atoms with Gasteiger partial charge in [0.2, 0.25) is 0 Å². The number of benzene rings is 1. The number of nitrogens with zero attached hydrogens (tertiary/aromatic N) is 2. The van der Waals surface area contributed by atoms with Gasteiger partial charge in [-0.1, -0.05) is 51.1 Å². The van der Waals surface area contributed by atoms with Crippen molar-refractivity contribution in [2.24, 2.45) is 0 Å². The normalized spacial score (nSPS) is 14.2. The molecule has 0 saturated heterocycles. The lowest BCUT2D eigenvalue weighted by molar-refractivity contribution is -0.136. The van der Waals surface area contributed by atoms with Crippen LogP contribution in [0, 0.1) is 0 Å². The lowest BCUT2D eigenvalue weighted by Gasteiger charge is -2.32. The zero-order valence-corrected chi connectivity index (χ0v) is 13.2. The van der Waals surface area contributed by atoms with Gasteiger partial charge in [-0.2, -0.15) is 4.79 Å². The average Bonchev–Trinajstić information content (AvgIpc) is 2.38. The van der Waals surface area contributed by atoms with Crippen LogP contribution >= 0.6 is 11.1 Å². The second kappa shape index (κ2) is 5.69. The minimum absolute atomic E-state index is 0.0876. The van der Waals surface area contributed by atoms with Crippen molar-refractivity contribution in [3.63, 3.8) is 0 Å². The van der Waals surface area contributed by atoms with E-state index in [9.17, 15) is 10.3 Å². The Morgan fingerprint density at radius 2 is 1.84 bits per heavy atom. The molecule has 0 heterocycles. The largest absolute Gasteiger partial charge is 0.461 e. The number of ether oxygens (including phenoxy) is 1. The highest BCUT2D eigenvalue weighted by Gasteiger charge is 2.59. The van der Waals surface area contributed by atoms with E-state index in [0.717, 1.165) is 5.19 Å². The lowest BCUT2D eigenvalue weighted by atomic mass is 10.2. The second-order valence-corrected chi connectivity index (χ2v) is 10.8. The average molecular weight is 297 g/mol. The number of rotatable bonds is 3. The molecule has 19 heavy (non-hydrogen) atoms. The van der Waals surface area contributed by atoms with E-state index in [1.165, 1.54) is 7.11 Å². The second-order valence-electron chi connectivity index (χ2n) is 5.21. The van der Waals surface area contributed by atoms with Gasteiger partial charge in [-0.15, -0.1) is 11.1 Å². The van der Waals surface area contributed by atoms with Crippen LogP contribution in [0.1, 0.15) is 20.8 Å². The fourth-order valence-corrected chi connectivity index (χ4v) is 5.69. The molecule has 0 aliphatic rings.